The summed E-state index contributed by atoms with van der Waals surface area (Å²) in [5.74, 6) is 1.26. The molecule has 0 aromatic carbocycles. The molecule has 1 unspecified atom stereocenters. The molecule has 6 heteroatoms. The summed E-state index contributed by atoms with van der Waals surface area (Å²) >= 11 is 5.99. The predicted octanol–water partition coefficient (Wildman–Crippen LogP) is 2.94. The second-order valence-corrected chi connectivity index (χ2v) is 7.79. The second kappa shape index (κ2) is 6.89. The number of piperidine rings is 1. The zero-order valence-electron chi connectivity index (χ0n) is 14.5. The van der Waals surface area contributed by atoms with Crippen LogP contribution in [0.15, 0.2) is 24.4 Å². The Labute approximate surface area is 153 Å². The Bertz CT molecular complexity index is 788. The molecular formula is C19H23ClN4O. The van der Waals surface area contributed by atoms with Gasteiger partial charge in [0.1, 0.15) is 0 Å². The van der Waals surface area contributed by atoms with Crippen molar-refractivity contribution in [2.45, 2.75) is 25.2 Å². The number of carbonyl (C=O) groups excluding carboxylic acids is 1. The molecule has 2 fully saturated rings. The van der Waals surface area contributed by atoms with Crippen LogP contribution in [0.5, 0.6) is 0 Å². The lowest BCUT2D eigenvalue weighted by molar-refractivity contribution is -0.126. The minimum atomic E-state index is 0.285. The molecule has 0 aliphatic carbocycles. The molecule has 1 atom stereocenters. The highest BCUT2D eigenvalue weighted by molar-refractivity contribution is 6.31. The maximum atomic E-state index is 11.7. The number of likely N-dealkylation sites (tertiary alicyclic amines) is 2. The van der Waals surface area contributed by atoms with E-state index in [9.17, 15) is 4.79 Å². The summed E-state index contributed by atoms with van der Waals surface area (Å²) in [7, 11) is 1.90. The van der Waals surface area contributed by atoms with E-state index in [-0.39, 0.29) is 5.91 Å². The van der Waals surface area contributed by atoms with Gasteiger partial charge in [0.2, 0.25) is 5.91 Å². The smallest absolute Gasteiger partial charge is 0.222 e. The van der Waals surface area contributed by atoms with E-state index in [0.29, 0.717) is 23.3 Å². The summed E-state index contributed by atoms with van der Waals surface area (Å²) in [6.07, 6.45) is 4.59. The van der Waals surface area contributed by atoms with Gasteiger partial charge in [0.25, 0.3) is 0 Å². The maximum Gasteiger partial charge on any atom is 0.222 e. The number of amides is 1. The van der Waals surface area contributed by atoms with Crippen LogP contribution < -0.4 is 0 Å². The Morgan fingerprint density at radius 2 is 2.08 bits per heavy atom. The van der Waals surface area contributed by atoms with Crippen LogP contribution in [-0.4, -0.2) is 58.9 Å². The third-order valence-electron chi connectivity index (χ3n) is 5.47. The Hall–Kier alpha value is -1.72. The number of carbonyl (C=O) groups is 1. The van der Waals surface area contributed by atoms with Crippen molar-refractivity contribution >= 4 is 28.5 Å². The molecule has 0 saturated carbocycles. The van der Waals surface area contributed by atoms with Crippen LogP contribution in [0.4, 0.5) is 0 Å². The first-order valence-electron chi connectivity index (χ1n) is 8.97. The summed E-state index contributed by atoms with van der Waals surface area (Å²) in [6, 6.07) is 6.09. The minimum absolute atomic E-state index is 0.285. The quantitative estimate of drug-likeness (QED) is 0.846. The molecule has 132 valence electrons. The van der Waals surface area contributed by atoms with Gasteiger partial charge in [-0.05, 0) is 50.0 Å². The van der Waals surface area contributed by atoms with Crippen molar-refractivity contribution in [3.8, 4) is 0 Å². The van der Waals surface area contributed by atoms with Crippen LogP contribution in [0.25, 0.3) is 11.0 Å². The lowest BCUT2D eigenvalue weighted by Crippen LogP contribution is -2.37. The molecule has 0 N–H and O–H groups in total. The van der Waals surface area contributed by atoms with Crippen molar-refractivity contribution < 1.29 is 4.79 Å². The summed E-state index contributed by atoms with van der Waals surface area (Å²) in [6.45, 7) is 4.09. The first kappa shape index (κ1) is 16.7. The van der Waals surface area contributed by atoms with Gasteiger partial charge in [0.15, 0.2) is 5.65 Å². The zero-order valence-corrected chi connectivity index (χ0v) is 15.2. The number of halogens is 1. The lowest BCUT2D eigenvalue weighted by Gasteiger charge is -2.33. The molecule has 0 radical (unpaired) electrons. The Morgan fingerprint density at radius 1 is 1.28 bits per heavy atom. The summed E-state index contributed by atoms with van der Waals surface area (Å²) < 4.78 is 0. The number of aromatic nitrogens is 2. The van der Waals surface area contributed by atoms with Crippen molar-refractivity contribution in [2.75, 3.05) is 33.2 Å². The van der Waals surface area contributed by atoms with Gasteiger partial charge in [-0.25, -0.2) is 9.97 Å². The number of hydrogen-bond acceptors (Lipinski definition) is 4. The van der Waals surface area contributed by atoms with Crippen molar-refractivity contribution in [1.82, 2.24) is 19.8 Å². The highest BCUT2D eigenvalue weighted by Crippen LogP contribution is 2.29. The molecular weight excluding hydrogens is 336 g/mol. The zero-order chi connectivity index (χ0) is 17.4. The highest BCUT2D eigenvalue weighted by atomic mass is 35.5. The van der Waals surface area contributed by atoms with Crippen LogP contribution in [0, 0.1) is 5.92 Å². The number of hydrogen-bond donors (Lipinski definition) is 0. The first-order valence-corrected chi connectivity index (χ1v) is 9.35. The van der Waals surface area contributed by atoms with Crippen LogP contribution in [0.2, 0.25) is 5.02 Å². The molecule has 2 aromatic rings. The fourth-order valence-corrected chi connectivity index (χ4v) is 4.25. The van der Waals surface area contributed by atoms with Gasteiger partial charge in [-0.1, -0.05) is 11.6 Å². The molecule has 2 saturated heterocycles. The van der Waals surface area contributed by atoms with E-state index in [1.165, 1.54) is 0 Å². The maximum absolute atomic E-state index is 11.7. The average Bonchev–Trinajstić information content (AvgIpc) is 2.92. The number of nitrogens with zero attached hydrogens (tertiary/aromatic N) is 4. The number of fused-ring (bicyclic) bond motifs is 1. The van der Waals surface area contributed by atoms with E-state index in [1.807, 2.05) is 18.0 Å². The van der Waals surface area contributed by atoms with Gasteiger partial charge in [-0.2, -0.15) is 0 Å². The standard InChI is InChI=1S/C19H23ClN4O/c1-23-11-13(8-18(23)25)12-24-6-4-14(5-7-24)17-3-2-15-9-16(20)10-21-19(15)22-17/h2-3,9-10,13-14H,4-8,11-12H2,1H3. The molecule has 25 heavy (non-hydrogen) atoms. The van der Waals surface area contributed by atoms with Crippen LogP contribution >= 0.6 is 11.6 Å². The lowest BCUT2D eigenvalue weighted by atomic mass is 9.92. The molecule has 2 aliphatic rings. The molecule has 0 spiro atoms. The van der Waals surface area contributed by atoms with Gasteiger partial charge in [-0.3, -0.25) is 4.79 Å². The number of pyridine rings is 2. The van der Waals surface area contributed by atoms with Crippen molar-refractivity contribution in [2.24, 2.45) is 5.92 Å². The fourth-order valence-electron chi connectivity index (χ4n) is 4.08. The van der Waals surface area contributed by atoms with Gasteiger partial charge in [0.05, 0.1) is 5.02 Å². The van der Waals surface area contributed by atoms with Gasteiger partial charge in [-0.15, -0.1) is 0 Å². The third kappa shape index (κ3) is 3.62. The Kier molecular flexibility index (Phi) is 4.61. The van der Waals surface area contributed by atoms with E-state index < -0.39 is 0 Å². The fraction of sp³-hybridized carbons (Fsp3) is 0.526. The van der Waals surface area contributed by atoms with Crippen molar-refractivity contribution in [1.29, 1.82) is 0 Å². The van der Waals surface area contributed by atoms with Gasteiger partial charge < -0.3 is 9.80 Å². The third-order valence-corrected chi connectivity index (χ3v) is 5.68. The van der Waals surface area contributed by atoms with E-state index in [2.05, 4.69) is 22.0 Å². The van der Waals surface area contributed by atoms with E-state index in [4.69, 9.17) is 16.6 Å². The molecule has 5 nitrogen and oxygen atoms in total. The summed E-state index contributed by atoms with van der Waals surface area (Å²) in [4.78, 5) is 25.1. The Morgan fingerprint density at radius 3 is 2.80 bits per heavy atom. The molecule has 0 bridgehead atoms. The topological polar surface area (TPSA) is 49.3 Å². The summed E-state index contributed by atoms with van der Waals surface area (Å²) in [5, 5.41) is 1.63. The van der Waals surface area contributed by atoms with Crippen LogP contribution in [-0.2, 0) is 4.79 Å². The highest BCUT2D eigenvalue weighted by Gasteiger charge is 2.30. The van der Waals surface area contributed by atoms with E-state index in [1.54, 1.807) is 6.20 Å². The van der Waals surface area contributed by atoms with E-state index in [0.717, 1.165) is 55.7 Å². The monoisotopic (exact) mass is 358 g/mol. The minimum Gasteiger partial charge on any atom is -0.345 e. The predicted molar refractivity (Wildman–Crippen MR) is 98.7 cm³/mol. The molecule has 4 heterocycles. The SMILES string of the molecule is CN1CC(CN2CCC(c3ccc4cc(Cl)cnc4n3)CC2)CC1=O. The van der Waals surface area contributed by atoms with Gasteiger partial charge >= 0.3 is 0 Å². The second-order valence-electron chi connectivity index (χ2n) is 7.36. The molecule has 4 rings (SSSR count). The Balaban J connectivity index is 1.37. The molecule has 2 aliphatic heterocycles. The van der Waals surface area contributed by atoms with Gasteiger partial charge in [0, 0.05) is 49.8 Å². The molecule has 2 aromatic heterocycles. The van der Waals surface area contributed by atoms with Crippen LogP contribution in [0.3, 0.4) is 0 Å². The first-order chi connectivity index (χ1) is 12.1. The van der Waals surface area contributed by atoms with Crippen LogP contribution in [0.1, 0.15) is 30.9 Å². The van der Waals surface area contributed by atoms with E-state index >= 15 is 0 Å². The normalized spacial score (nSPS) is 22.9. The number of rotatable bonds is 3. The average molecular weight is 359 g/mol. The van der Waals surface area contributed by atoms with Crippen molar-refractivity contribution in [3.63, 3.8) is 0 Å². The summed E-state index contributed by atoms with van der Waals surface area (Å²) in [5.41, 5.74) is 1.91. The molecule has 1 amide bonds. The largest absolute Gasteiger partial charge is 0.345 e. The van der Waals surface area contributed by atoms with Crippen molar-refractivity contribution in [3.05, 3.63) is 35.1 Å².